The molecule has 1 aromatic heterocycles. The summed E-state index contributed by atoms with van der Waals surface area (Å²) in [5, 5.41) is 8.71. The molecule has 21 heavy (non-hydrogen) atoms. The lowest BCUT2D eigenvalue weighted by atomic mass is 10.3. The van der Waals surface area contributed by atoms with E-state index in [1.807, 2.05) is 35.1 Å². The Morgan fingerprint density at radius 2 is 2.19 bits per heavy atom. The van der Waals surface area contributed by atoms with Gasteiger partial charge < -0.3 is 10.6 Å². The Bertz CT molecular complexity index is 368. The molecule has 0 unspecified atom stereocenters. The highest BCUT2D eigenvalue weighted by molar-refractivity contribution is 8.01. The summed E-state index contributed by atoms with van der Waals surface area (Å²) >= 11 is 5.43. The van der Waals surface area contributed by atoms with Crippen molar-refractivity contribution < 1.29 is 0 Å². The average Bonchev–Trinajstić information content (AvgIpc) is 3.00. The third-order valence-corrected chi connectivity index (χ3v) is 5.37. The summed E-state index contributed by atoms with van der Waals surface area (Å²) in [4.78, 5) is 8.87. The molecule has 0 saturated heterocycles. The third-order valence-electron chi connectivity index (χ3n) is 2.62. The molecule has 0 amide bonds. The first-order chi connectivity index (χ1) is 10.4. The van der Waals surface area contributed by atoms with E-state index >= 15 is 0 Å². The quantitative estimate of drug-likeness (QED) is 0.279. The van der Waals surface area contributed by atoms with Crippen molar-refractivity contribution in [2.24, 2.45) is 4.99 Å². The Morgan fingerprint density at radius 1 is 1.29 bits per heavy atom. The number of thiazole rings is 1. The number of thioether (sulfide) groups is 2. The summed E-state index contributed by atoms with van der Waals surface area (Å²) < 4.78 is 1.15. The predicted octanol–water partition coefficient (Wildman–Crippen LogP) is 3.32. The van der Waals surface area contributed by atoms with Gasteiger partial charge in [0, 0.05) is 37.0 Å². The maximum absolute atomic E-state index is 4.61. The first kappa shape index (κ1) is 18.6. The smallest absolute Gasteiger partial charge is 0.191 e. The largest absolute Gasteiger partial charge is 0.357 e. The highest BCUT2D eigenvalue weighted by atomic mass is 32.2. The second-order valence-corrected chi connectivity index (χ2v) is 7.61. The lowest BCUT2D eigenvalue weighted by Gasteiger charge is -2.10. The third kappa shape index (κ3) is 10.0. The molecule has 1 rings (SSSR count). The van der Waals surface area contributed by atoms with Crippen LogP contribution in [0.15, 0.2) is 20.9 Å². The van der Waals surface area contributed by atoms with Gasteiger partial charge in [-0.1, -0.05) is 11.8 Å². The zero-order valence-corrected chi connectivity index (χ0v) is 15.4. The van der Waals surface area contributed by atoms with Crippen molar-refractivity contribution in [2.75, 3.05) is 37.4 Å². The second-order valence-electron chi connectivity index (χ2n) is 4.39. The van der Waals surface area contributed by atoms with Gasteiger partial charge in [0.25, 0.3) is 0 Å². The number of nitrogens with zero attached hydrogens (tertiary/aromatic N) is 2. The van der Waals surface area contributed by atoms with E-state index in [9.17, 15) is 0 Å². The van der Waals surface area contributed by atoms with E-state index in [-0.39, 0.29) is 0 Å². The maximum Gasteiger partial charge on any atom is 0.191 e. The predicted molar refractivity (Wildman–Crippen MR) is 99.1 cm³/mol. The van der Waals surface area contributed by atoms with Gasteiger partial charge in [-0.2, -0.15) is 11.8 Å². The summed E-state index contributed by atoms with van der Waals surface area (Å²) in [7, 11) is 0. The van der Waals surface area contributed by atoms with Gasteiger partial charge in [-0.05, 0) is 38.2 Å². The summed E-state index contributed by atoms with van der Waals surface area (Å²) in [6.07, 6.45) is 7.55. The maximum atomic E-state index is 4.61. The Kier molecular flexibility index (Phi) is 11.8. The Labute approximate surface area is 141 Å². The van der Waals surface area contributed by atoms with Crippen molar-refractivity contribution in [2.45, 2.75) is 30.5 Å². The molecule has 1 heterocycles. The SMILES string of the molecule is CCNC(=NCCCSc1nccs1)NCCCCSC. The van der Waals surface area contributed by atoms with Gasteiger partial charge in [-0.3, -0.25) is 4.99 Å². The van der Waals surface area contributed by atoms with Crippen molar-refractivity contribution in [3.8, 4) is 0 Å². The normalized spacial score (nSPS) is 11.6. The van der Waals surface area contributed by atoms with Crippen LogP contribution in [-0.2, 0) is 0 Å². The number of aromatic nitrogens is 1. The summed E-state index contributed by atoms with van der Waals surface area (Å²) in [6, 6.07) is 0. The number of rotatable bonds is 11. The molecule has 4 nitrogen and oxygen atoms in total. The van der Waals surface area contributed by atoms with E-state index in [2.05, 4.69) is 33.8 Å². The Hall–Kier alpha value is -0.400. The number of aliphatic imine (C=N–C) groups is 1. The molecular formula is C14H26N4S3. The Balaban J connectivity index is 2.11. The highest BCUT2D eigenvalue weighted by Gasteiger charge is 1.98. The van der Waals surface area contributed by atoms with Crippen LogP contribution in [0, 0.1) is 0 Å². The molecule has 120 valence electrons. The van der Waals surface area contributed by atoms with E-state index in [4.69, 9.17) is 0 Å². The molecule has 0 radical (unpaired) electrons. The molecule has 2 N–H and O–H groups in total. The monoisotopic (exact) mass is 346 g/mol. The highest BCUT2D eigenvalue weighted by Crippen LogP contribution is 2.20. The van der Waals surface area contributed by atoms with Gasteiger partial charge in [0.2, 0.25) is 0 Å². The van der Waals surface area contributed by atoms with E-state index in [1.165, 1.54) is 18.6 Å². The number of unbranched alkanes of at least 4 members (excludes halogenated alkanes) is 1. The first-order valence-corrected chi connectivity index (χ1v) is 10.7. The zero-order chi connectivity index (χ0) is 15.2. The molecule has 0 fully saturated rings. The van der Waals surface area contributed by atoms with Crippen LogP contribution < -0.4 is 10.6 Å². The fourth-order valence-electron chi connectivity index (χ4n) is 1.62. The van der Waals surface area contributed by atoms with Gasteiger partial charge >= 0.3 is 0 Å². The van der Waals surface area contributed by atoms with Crippen molar-refractivity contribution in [1.82, 2.24) is 15.6 Å². The fraction of sp³-hybridized carbons (Fsp3) is 0.714. The molecule has 0 spiro atoms. The minimum atomic E-state index is 0.860. The topological polar surface area (TPSA) is 49.3 Å². The molecular weight excluding hydrogens is 320 g/mol. The zero-order valence-electron chi connectivity index (χ0n) is 12.9. The van der Waals surface area contributed by atoms with Gasteiger partial charge in [0.05, 0.1) is 0 Å². The van der Waals surface area contributed by atoms with Crippen LogP contribution in [-0.4, -0.2) is 48.3 Å². The fourth-order valence-corrected chi connectivity index (χ4v) is 3.74. The van der Waals surface area contributed by atoms with Crippen molar-refractivity contribution in [3.05, 3.63) is 11.6 Å². The molecule has 0 bridgehead atoms. The molecule has 0 aliphatic heterocycles. The van der Waals surface area contributed by atoms with Crippen LogP contribution in [0.25, 0.3) is 0 Å². The summed E-state index contributed by atoms with van der Waals surface area (Å²) in [5.74, 6) is 3.26. The molecule has 7 heteroatoms. The molecule has 1 aromatic rings. The molecule has 0 atom stereocenters. The summed E-state index contributed by atoms with van der Waals surface area (Å²) in [5.41, 5.74) is 0. The standard InChI is InChI=1S/C14H26N4S3/c1-3-15-13(16-7-4-5-10-19-2)17-8-6-11-20-14-18-9-12-21-14/h9,12H,3-8,10-11H2,1-2H3,(H2,15,16,17). The van der Waals surface area contributed by atoms with E-state index < -0.39 is 0 Å². The van der Waals surface area contributed by atoms with E-state index in [0.29, 0.717) is 0 Å². The van der Waals surface area contributed by atoms with Crippen LogP contribution in [0.1, 0.15) is 26.2 Å². The van der Waals surface area contributed by atoms with Crippen LogP contribution in [0.2, 0.25) is 0 Å². The second kappa shape index (κ2) is 13.3. The van der Waals surface area contributed by atoms with Gasteiger partial charge in [0.15, 0.2) is 5.96 Å². The molecule has 0 aromatic carbocycles. The minimum Gasteiger partial charge on any atom is -0.357 e. The molecule has 0 aliphatic rings. The number of hydrogen-bond acceptors (Lipinski definition) is 5. The average molecular weight is 347 g/mol. The van der Waals surface area contributed by atoms with Gasteiger partial charge in [-0.15, -0.1) is 11.3 Å². The minimum absolute atomic E-state index is 0.860. The first-order valence-electron chi connectivity index (χ1n) is 7.40. The molecule has 0 saturated carbocycles. The van der Waals surface area contributed by atoms with Crippen molar-refractivity contribution in [3.63, 3.8) is 0 Å². The summed E-state index contributed by atoms with van der Waals surface area (Å²) in [6.45, 7) is 4.87. The number of guanidine groups is 1. The number of hydrogen-bond donors (Lipinski definition) is 2. The van der Waals surface area contributed by atoms with Crippen LogP contribution in [0.4, 0.5) is 0 Å². The van der Waals surface area contributed by atoms with Crippen molar-refractivity contribution in [1.29, 1.82) is 0 Å². The molecule has 0 aliphatic carbocycles. The van der Waals surface area contributed by atoms with Crippen molar-refractivity contribution >= 4 is 40.8 Å². The number of nitrogens with one attached hydrogen (secondary N) is 2. The lowest BCUT2D eigenvalue weighted by molar-refractivity contribution is 0.733. The van der Waals surface area contributed by atoms with Gasteiger partial charge in [0.1, 0.15) is 4.34 Å². The van der Waals surface area contributed by atoms with Crippen LogP contribution in [0.5, 0.6) is 0 Å². The van der Waals surface area contributed by atoms with E-state index in [0.717, 1.165) is 42.1 Å². The van der Waals surface area contributed by atoms with Gasteiger partial charge in [-0.25, -0.2) is 4.98 Å². The Morgan fingerprint density at radius 3 is 2.90 bits per heavy atom. The van der Waals surface area contributed by atoms with E-state index in [1.54, 1.807) is 11.3 Å². The van der Waals surface area contributed by atoms with Crippen LogP contribution >= 0.6 is 34.9 Å². The lowest BCUT2D eigenvalue weighted by Crippen LogP contribution is -2.37. The van der Waals surface area contributed by atoms with Crippen LogP contribution in [0.3, 0.4) is 0 Å².